The lowest BCUT2D eigenvalue weighted by Crippen LogP contribution is -2.40. The van der Waals surface area contributed by atoms with E-state index in [0.29, 0.717) is 17.0 Å². The van der Waals surface area contributed by atoms with Crippen molar-refractivity contribution in [1.82, 2.24) is 5.32 Å². The summed E-state index contributed by atoms with van der Waals surface area (Å²) in [5, 5.41) is 5.23. The van der Waals surface area contributed by atoms with Gasteiger partial charge in [-0.1, -0.05) is 48.5 Å². The Balaban J connectivity index is 1.75. The molecule has 0 saturated carbocycles. The number of amides is 3. The van der Waals surface area contributed by atoms with E-state index in [2.05, 4.69) is 10.6 Å². The summed E-state index contributed by atoms with van der Waals surface area (Å²) in [7, 11) is 0. The Bertz CT molecular complexity index is 897. The first kappa shape index (κ1) is 18.0. The van der Waals surface area contributed by atoms with E-state index in [4.69, 9.17) is 10.5 Å². The van der Waals surface area contributed by atoms with Gasteiger partial charge in [-0.3, -0.25) is 10.1 Å². The lowest BCUT2D eigenvalue weighted by molar-refractivity contribution is -0.120. The van der Waals surface area contributed by atoms with Gasteiger partial charge in [0.25, 0.3) is 5.91 Å². The SMILES string of the molecule is NC(=O)NC(=O)[C@@H](Nc1ccc(Oc2ccccc2)cc1)c1ccccc1. The molecular formula is C21H19N3O3. The summed E-state index contributed by atoms with van der Waals surface area (Å²) in [6.07, 6.45) is 0. The number of imide groups is 1. The standard InChI is InChI=1S/C21H19N3O3/c22-21(26)24-20(25)19(15-7-3-1-4-8-15)23-16-11-13-18(14-12-16)27-17-9-5-2-6-10-17/h1-14,19,23H,(H3,22,24,25,26)/t19-/m0/s1. The molecule has 4 N–H and O–H groups in total. The molecule has 0 heterocycles. The van der Waals surface area contributed by atoms with Gasteiger partial charge in [-0.25, -0.2) is 4.79 Å². The van der Waals surface area contributed by atoms with Gasteiger partial charge in [-0.2, -0.15) is 0 Å². The lowest BCUT2D eigenvalue weighted by atomic mass is 10.1. The second kappa shape index (κ2) is 8.53. The topological polar surface area (TPSA) is 93.5 Å². The summed E-state index contributed by atoms with van der Waals surface area (Å²) in [5.74, 6) is 0.879. The third kappa shape index (κ3) is 5.09. The van der Waals surface area contributed by atoms with Crippen LogP contribution in [0.2, 0.25) is 0 Å². The smallest absolute Gasteiger partial charge is 0.318 e. The molecular weight excluding hydrogens is 342 g/mol. The molecule has 0 unspecified atom stereocenters. The molecule has 6 nitrogen and oxygen atoms in total. The lowest BCUT2D eigenvalue weighted by Gasteiger charge is -2.19. The number of ether oxygens (including phenoxy) is 1. The van der Waals surface area contributed by atoms with Crippen molar-refractivity contribution in [2.75, 3.05) is 5.32 Å². The van der Waals surface area contributed by atoms with E-state index in [1.165, 1.54) is 0 Å². The molecule has 0 aliphatic rings. The van der Waals surface area contributed by atoms with Crippen molar-refractivity contribution >= 4 is 17.6 Å². The number of rotatable bonds is 6. The van der Waals surface area contributed by atoms with Gasteiger partial charge in [-0.15, -0.1) is 0 Å². The molecule has 3 amide bonds. The zero-order valence-corrected chi connectivity index (χ0v) is 14.5. The number of carbonyl (C=O) groups is 2. The molecule has 0 fully saturated rings. The minimum absolute atomic E-state index is 0.529. The third-order valence-electron chi connectivity index (χ3n) is 3.79. The van der Waals surface area contributed by atoms with Gasteiger partial charge >= 0.3 is 6.03 Å². The van der Waals surface area contributed by atoms with Crippen LogP contribution in [0.1, 0.15) is 11.6 Å². The normalized spacial score (nSPS) is 11.3. The Morgan fingerprint density at radius 2 is 1.33 bits per heavy atom. The Kier molecular flexibility index (Phi) is 5.69. The predicted molar refractivity (Wildman–Crippen MR) is 103 cm³/mol. The molecule has 27 heavy (non-hydrogen) atoms. The maximum atomic E-state index is 12.4. The molecule has 0 bridgehead atoms. The van der Waals surface area contributed by atoms with Crippen LogP contribution in [0.3, 0.4) is 0 Å². The number of anilines is 1. The number of nitrogens with one attached hydrogen (secondary N) is 2. The van der Waals surface area contributed by atoms with Crippen molar-refractivity contribution in [3.8, 4) is 11.5 Å². The number of nitrogens with two attached hydrogens (primary N) is 1. The van der Waals surface area contributed by atoms with Crippen molar-refractivity contribution in [3.63, 3.8) is 0 Å². The molecule has 0 aliphatic heterocycles. The first-order chi connectivity index (χ1) is 13.1. The summed E-state index contributed by atoms with van der Waals surface area (Å²) < 4.78 is 5.75. The van der Waals surface area contributed by atoms with E-state index in [0.717, 1.165) is 5.75 Å². The molecule has 3 aromatic carbocycles. The highest BCUT2D eigenvalue weighted by Gasteiger charge is 2.21. The number of hydrogen-bond donors (Lipinski definition) is 3. The molecule has 136 valence electrons. The molecule has 0 aliphatic carbocycles. The zero-order valence-electron chi connectivity index (χ0n) is 14.5. The van der Waals surface area contributed by atoms with Gasteiger partial charge in [0.05, 0.1) is 0 Å². The largest absolute Gasteiger partial charge is 0.457 e. The van der Waals surface area contributed by atoms with E-state index in [1.807, 2.05) is 48.5 Å². The van der Waals surface area contributed by atoms with Crippen LogP contribution in [0.25, 0.3) is 0 Å². The Morgan fingerprint density at radius 1 is 0.778 bits per heavy atom. The summed E-state index contributed by atoms with van der Waals surface area (Å²) in [6.45, 7) is 0. The summed E-state index contributed by atoms with van der Waals surface area (Å²) >= 11 is 0. The average molecular weight is 361 g/mol. The van der Waals surface area contributed by atoms with Crippen molar-refractivity contribution in [3.05, 3.63) is 90.5 Å². The fourth-order valence-corrected chi connectivity index (χ4v) is 2.55. The van der Waals surface area contributed by atoms with Crippen LogP contribution in [0.5, 0.6) is 11.5 Å². The minimum atomic E-state index is -0.894. The minimum Gasteiger partial charge on any atom is -0.457 e. The predicted octanol–water partition coefficient (Wildman–Crippen LogP) is 3.83. The first-order valence-corrected chi connectivity index (χ1v) is 8.36. The fraction of sp³-hybridized carbons (Fsp3) is 0.0476. The molecule has 0 saturated heterocycles. The molecule has 3 rings (SSSR count). The van der Waals surface area contributed by atoms with Crippen LogP contribution in [0.4, 0.5) is 10.5 Å². The summed E-state index contributed by atoms with van der Waals surface area (Å²) in [6, 6.07) is 24.0. The first-order valence-electron chi connectivity index (χ1n) is 8.36. The van der Waals surface area contributed by atoms with Gasteiger partial charge in [0.2, 0.25) is 0 Å². The number of benzene rings is 3. The highest BCUT2D eigenvalue weighted by Crippen LogP contribution is 2.25. The van der Waals surface area contributed by atoms with E-state index in [1.54, 1.807) is 36.4 Å². The highest BCUT2D eigenvalue weighted by molar-refractivity contribution is 5.98. The fourth-order valence-electron chi connectivity index (χ4n) is 2.55. The number of carbonyl (C=O) groups excluding carboxylic acids is 2. The van der Waals surface area contributed by atoms with Crippen molar-refractivity contribution in [2.24, 2.45) is 5.73 Å². The van der Waals surface area contributed by atoms with E-state index in [9.17, 15) is 9.59 Å². The number of para-hydroxylation sites is 1. The molecule has 3 aromatic rings. The number of hydrogen-bond acceptors (Lipinski definition) is 4. The molecule has 0 aromatic heterocycles. The van der Waals surface area contributed by atoms with Gasteiger partial charge < -0.3 is 15.8 Å². The van der Waals surface area contributed by atoms with E-state index in [-0.39, 0.29) is 0 Å². The van der Waals surface area contributed by atoms with Crippen LogP contribution in [-0.2, 0) is 4.79 Å². The van der Waals surface area contributed by atoms with E-state index >= 15 is 0 Å². The number of primary amides is 1. The Morgan fingerprint density at radius 3 is 1.93 bits per heavy atom. The van der Waals surface area contributed by atoms with Crippen LogP contribution in [0, 0.1) is 0 Å². The van der Waals surface area contributed by atoms with Crippen LogP contribution in [0.15, 0.2) is 84.9 Å². The van der Waals surface area contributed by atoms with Gasteiger partial charge in [0.1, 0.15) is 17.5 Å². The van der Waals surface area contributed by atoms with Gasteiger partial charge in [-0.05, 0) is 42.0 Å². The summed E-state index contributed by atoms with van der Waals surface area (Å²) in [5.41, 5.74) is 6.49. The second-order valence-corrected chi connectivity index (χ2v) is 5.78. The molecule has 0 spiro atoms. The van der Waals surface area contributed by atoms with Crippen molar-refractivity contribution < 1.29 is 14.3 Å². The number of urea groups is 1. The maximum Gasteiger partial charge on any atom is 0.318 e. The third-order valence-corrected chi connectivity index (χ3v) is 3.79. The van der Waals surface area contributed by atoms with Crippen molar-refractivity contribution in [2.45, 2.75) is 6.04 Å². The maximum absolute atomic E-state index is 12.4. The average Bonchev–Trinajstić information content (AvgIpc) is 2.68. The van der Waals surface area contributed by atoms with E-state index < -0.39 is 18.0 Å². The van der Waals surface area contributed by atoms with Gasteiger partial charge in [0, 0.05) is 5.69 Å². The van der Waals surface area contributed by atoms with Crippen molar-refractivity contribution in [1.29, 1.82) is 0 Å². The molecule has 1 atom stereocenters. The Hall–Kier alpha value is -3.80. The second-order valence-electron chi connectivity index (χ2n) is 5.78. The Labute approximate surface area is 157 Å². The highest BCUT2D eigenvalue weighted by atomic mass is 16.5. The summed E-state index contributed by atoms with van der Waals surface area (Å²) in [4.78, 5) is 23.4. The quantitative estimate of drug-likeness (QED) is 0.622. The van der Waals surface area contributed by atoms with Gasteiger partial charge in [0.15, 0.2) is 0 Å². The van der Waals surface area contributed by atoms with Crippen LogP contribution >= 0.6 is 0 Å². The zero-order chi connectivity index (χ0) is 19.1. The monoisotopic (exact) mass is 361 g/mol. The van der Waals surface area contributed by atoms with Crippen LogP contribution in [-0.4, -0.2) is 11.9 Å². The molecule has 6 heteroatoms. The molecule has 0 radical (unpaired) electrons. The van der Waals surface area contributed by atoms with Crippen LogP contribution < -0.4 is 21.1 Å².